The third kappa shape index (κ3) is 2.82. The van der Waals surface area contributed by atoms with Gasteiger partial charge in [-0.05, 0) is 26.0 Å². The zero-order chi connectivity index (χ0) is 13.8. The highest BCUT2D eigenvalue weighted by atomic mass is 16.5. The van der Waals surface area contributed by atoms with Crippen LogP contribution in [0.15, 0.2) is 27.5 Å². The van der Waals surface area contributed by atoms with Crippen LogP contribution in [0.4, 0.5) is 11.7 Å². The number of aromatic amines is 1. The summed E-state index contributed by atoms with van der Waals surface area (Å²) in [5.41, 5.74) is 0.364. The van der Waals surface area contributed by atoms with E-state index in [-0.39, 0.29) is 29.6 Å². The molecule has 0 spiro atoms. The van der Waals surface area contributed by atoms with Gasteiger partial charge in [0.1, 0.15) is 5.69 Å². The molecule has 0 saturated carbocycles. The summed E-state index contributed by atoms with van der Waals surface area (Å²) in [6.45, 7) is 3.57. The normalized spacial score (nSPS) is 10.2. The van der Waals surface area contributed by atoms with Crippen molar-refractivity contribution in [2.24, 2.45) is 0 Å². The first-order valence-corrected chi connectivity index (χ1v) is 5.71. The molecule has 0 fully saturated rings. The Balaban J connectivity index is 2.24. The van der Waals surface area contributed by atoms with Gasteiger partial charge >= 0.3 is 5.97 Å². The first kappa shape index (κ1) is 12.9. The molecule has 0 unspecified atom stereocenters. The summed E-state index contributed by atoms with van der Waals surface area (Å²) < 4.78 is 10.1. The fraction of sp³-hybridized carbons (Fsp3) is 0.250. The molecule has 0 amide bonds. The molecule has 7 nitrogen and oxygen atoms in total. The Bertz CT molecular complexity index is 644. The number of aryl methyl sites for hydroxylation is 1. The molecular formula is C12H13N3O4. The number of rotatable bonds is 4. The van der Waals surface area contributed by atoms with Crippen LogP contribution in [0.5, 0.6) is 0 Å². The van der Waals surface area contributed by atoms with Crippen molar-refractivity contribution in [1.29, 1.82) is 0 Å². The van der Waals surface area contributed by atoms with E-state index in [2.05, 4.69) is 15.3 Å². The number of anilines is 2. The quantitative estimate of drug-likeness (QED) is 0.813. The smallest absolute Gasteiger partial charge is 0.376 e. The maximum absolute atomic E-state index is 11.5. The predicted octanol–water partition coefficient (Wildman–Crippen LogP) is 1.59. The Labute approximate surface area is 108 Å². The maximum Gasteiger partial charge on any atom is 0.376 e. The lowest BCUT2D eigenvalue weighted by atomic mass is 10.4. The number of hydrogen-bond donors (Lipinski definition) is 2. The van der Waals surface area contributed by atoms with Crippen LogP contribution in [0.2, 0.25) is 0 Å². The van der Waals surface area contributed by atoms with Gasteiger partial charge in [0.2, 0.25) is 5.76 Å². The number of nitrogens with zero attached hydrogens (tertiary/aromatic N) is 1. The van der Waals surface area contributed by atoms with Crippen LogP contribution in [-0.4, -0.2) is 22.5 Å². The second kappa shape index (κ2) is 5.38. The Kier molecular flexibility index (Phi) is 3.65. The summed E-state index contributed by atoms with van der Waals surface area (Å²) >= 11 is 0. The summed E-state index contributed by atoms with van der Waals surface area (Å²) in [5, 5.41) is 2.70. The fourth-order valence-electron chi connectivity index (χ4n) is 1.47. The van der Waals surface area contributed by atoms with Gasteiger partial charge in [0.05, 0.1) is 12.3 Å². The molecule has 2 N–H and O–H groups in total. The number of carbonyl (C=O) groups excluding carboxylic acids is 1. The van der Waals surface area contributed by atoms with Crippen molar-refractivity contribution in [2.45, 2.75) is 13.8 Å². The molecule has 0 radical (unpaired) electrons. The molecular weight excluding hydrogens is 250 g/mol. The Hall–Kier alpha value is -2.57. The van der Waals surface area contributed by atoms with Crippen LogP contribution in [0.3, 0.4) is 0 Å². The number of nitrogens with one attached hydrogen (secondary N) is 2. The predicted molar refractivity (Wildman–Crippen MR) is 67.5 cm³/mol. The number of carbonyl (C=O) groups is 1. The molecule has 0 aliphatic carbocycles. The Morgan fingerprint density at radius 3 is 3.05 bits per heavy atom. The van der Waals surface area contributed by atoms with Crippen molar-refractivity contribution < 1.29 is 13.9 Å². The maximum atomic E-state index is 11.5. The third-order valence-electron chi connectivity index (χ3n) is 2.32. The number of aromatic nitrogens is 2. The molecule has 0 saturated heterocycles. The van der Waals surface area contributed by atoms with Crippen LogP contribution >= 0.6 is 0 Å². The summed E-state index contributed by atoms with van der Waals surface area (Å²) in [7, 11) is 0. The number of hydrogen-bond acceptors (Lipinski definition) is 6. The molecule has 100 valence electrons. The second-order valence-electron chi connectivity index (χ2n) is 3.69. The van der Waals surface area contributed by atoms with Crippen LogP contribution in [0.1, 0.15) is 23.2 Å². The molecule has 7 heteroatoms. The van der Waals surface area contributed by atoms with Crippen molar-refractivity contribution in [1.82, 2.24) is 9.97 Å². The highest BCUT2D eigenvalue weighted by Crippen LogP contribution is 2.18. The van der Waals surface area contributed by atoms with E-state index < -0.39 is 5.97 Å². The molecule has 0 atom stereocenters. The fourth-order valence-corrected chi connectivity index (χ4v) is 1.47. The summed E-state index contributed by atoms with van der Waals surface area (Å²) in [6.07, 6.45) is 1.51. The summed E-state index contributed by atoms with van der Waals surface area (Å²) in [6, 6.07) is 3.30. The van der Waals surface area contributed by atoms with Gasteiger partial charge in [0, 0.05) is 6.20 Å². The highest BCUT2D eigenvalue weighted by molar-refractivity contribution is 5.87. The number of pyridine rings is 1. The van der Waals surface area contributed by atoms with Gasteiger partial charge in [-0.25, -0.2) is 4.79 Å². The Morgan fingerprint density at radius 1 is 1.58 bits per heavy atom. The van der Waals surface area contributed by atoms with Gasteiger partial charge in [-0.15, -0.1) is 0 Å². The number of esters is 1. The van der Waals surface area contributed by atoms with Gasteiger partial charge in [0.15, 0.2) is 0 Å². The molecule has 2 aromatic rings. The lowest BCUT2D eigenvalue weighted by Crippen LogP contribution is -2.09. The second-order valence-corrected chi connectivity index (χ2v) is 3.69. The topological polar surface area (TPSA) is 97.2 Å². The van der Waals surface area contributed by atoms with Gasteiger partial charge < -0.3 is 19.5 Å². The minimum atomic E-state index is -0.581. The molecule has 2 heterocycles. The van der Waals surface area contributed by atoms with E-state index in [1.165, 1.54) is 6.20 Å². The van der Waals surface area contributed by atoms with E-state index in [0.29, 0.717) is 5.69 Å². The van der Waals surface area contributed by atoms with E-state index >= 15 is 0 Å². The highest BCUT2D eigenvalue weighted by Gasteiger charge is 2.18. The minimum absolute atomic E-state index is 0.0247. The number of oxazole rings is 1. The first-order valence-electron chi connectivity index (χ1n) is 5.71. The van der Waals surface area contributed by atoms with Crippen LogP contribution in [-0.2, 0) is 4.74 Å². The lowest BCUT2D eigenvalue weighted by Gasteiger charge is -1.99. The molecule has 2 aromatic heterocycles. The zero-order valence-electron chi connectivity index (χ0n) is 10.5. The van der Waals surface area contributed by atoms with Crippen molar-refractivity contribution in [3.63, 3.8) is 0 Å². The van der Waals surface area contributed by atoms with Crippen LogP contribution < -0.4 is 10.9 Å². The molecule has 0 aliphatic heterocycles. The average Bonchev–Trinajstić information content (AvgIpc) is 2.74. The molecule has 0 aromatic carbocycles. The van der Waals surface area contributed by atoms with Gasteiger partial charge in [-0.2, -0.15) is 4.98 Å². The van der Waals surface area contributed by atoms with E-state index in [1.54, 1.807) is 26.0 Å². The van der Waals surface area contributed by atoms with Gasteiger partial charge in [-0.1, -0.05) is 0 Å². The zero-order valence-corrected chi connectivity index (χ0v) is 10.5. The van der Waals surface area contributed by atoms with Crippen LogP contribution in [0.25, 0.3) is 0 Å². The Morgan fingerprint density at radius 2 is 2.37 bits per heavy atom. The van der Waals surface area contributed by atoms with Gasteiger partial charge in [0.25, 0.3) is 11.6 Å². The molecule has 0 bridgehead atoms. The van der Waals surface area contributed by atoms with E-state index in [4.69, 9.17) is 9.15 Å². The standard InChI is InChI=1S/C12H13N3O4/c1-3-18-11(17)9-7(2)14-12(19-9)15-8-5-4-6-13-10(8)16/h4-6H,3H2,1-2H3,(H,13,16)(H,14,15). The van der Waals surface area contributed by atoms with E-state index in [1.807, 2.05) is 0 Å². The van der Waals surface area contributed by atoms with Crippen molar-refractivity contribution in [3.8, 4) is 0 Å². The van der Waals surface area contributed by atoms with Crippen molar-refractivity contribution in [3.05, 3.63) is 40.1 Å². The van der Waals surface area contributed by atoms with E-state index in [9.17, 15) is 9.59 Å². The van der Waals surface area contributed by atoms with Gasteiger partial charge in [-0.3, -0.25) is 4.79 Å². The molecule has 0 aliphatic rings. The number of ether oxygens (including phenoxy) is 1. The molecule has 19 heavy (non-hydrogen) atoms. The SMILES string of the molecule is CCOC(=O)c1oc(Nc2ccc[nH]c2=O)nc1C. The van der Waals surface area contributed by atoms with E-state index in [0.717, 1.165) is 0 Å². The van der Waals surface area contributed by atoms with Crippen molar-refractivity contribution in [2.75, 3.05) is 11.9 Å². The minimum Gasteiger partial charge on any atom is -0.460 e. The number of H-pyrrole nitrogens is 1. The summed E-state index contributed by atoms with van der Waals surface area (Å²) in [5.74, 6) is -0.556. The first-order chi connectivity index (χ1) is 9.11. The van der Waals surface area contributed by atoms with Crippen molar-refractivity contribution >= 4 is 17.7 Å². The monoisotopic (exact) mass is 263 g/mol. The summed E-state index contributed by atoms with van der Waals surface area (Å²) in [4.78, 5) is 29.5. The van der Waals surface area contributed by atoms with Crippen LogP contribution in [0, 0.1) is 6.92 Å². The third-order valence-corrected chi connectivity index (χ3v) is 2.32. The average molecular weight is 263 g/mol. The molecule has 2 rings (SSSR count). The lowest BCUT2D eigenvalue weighted by molar-refractivity contribution is 0.0490. The largest absolute Gasteiger partial charge is 0.460 e.